The van der Waals surface area contributed by atoms with Crippen LogP contribution >= 0.6 is 0 Å². The van der Waals surface area contributed by atoms with Gasteiger partial charge in [-0.1, -0.05) is 0 Å². The van der Waals surface area contributed by atoms with Crippen LogP contribution in [0, 0.1) is 11.6 Å². The predicted molar refractivity (Wildman–Crippen MR) is 53.6 cm³/mol. The van der Waals surface area contributed by atoms with Crippen LogP contribution in [0.5, 0.6) is 0 Å². The van der Waals surface area contributed by atoms with Gasteiger partial charge in [0.25, 0.3) is 0 Å². The summed E-state index contributed by atoms with van der Waals surface area (Å²) in [5.41, 5.74) is -2.48. The smallest absolute Gasteiger partial charge is 0.314 e. The molecule has 0 aliphatic carbocycles. The van der Waals surface area contributed by atoms with Gasteiger partial charge in [-0.3, -0.25) is 9.59 Å². The van der Waals surface area contributed by atoms with E-state index in [1.165, 1.54) is 0 Å². The van der Waals surface area contributed by atoms with Gasteiger partial charge in [-0.2, -0.15) is 0 Å². The van der Waals surface area contributed by atoms with Crippen molar-refractivity contribution in [2.24, 2.45) is 0 Å². The Bertz CT molecular complexity index is 473. The zero-order chi connectivity index (χ0) is 13.2. The minimum absolute atomic E-state index is 0.479. The van der Waals surface area contributed by atoms with Crippen LogP contribution in [0.4, 0.5) is 8.78 Å². The molecule has 1 unspecified atom stereocenters. The summed E-state index contributed by atoms with van der Waals surface area (Å²) in [6.45, 7) is 1.04. The molecule has 0 spiro atoms. The minimum Gasteiger partial charge on any atom is -0.481 e. The molecule has 2 N–H and O–H groups in total. The third-order valence-corrected chi connectivity index (χ3v) is 2.50. The standard InChI is InChI=1S/C11H10F2O4/c1-11(10(16)17,5-9(14)15)7-4-6(12)2-3-8(7)13/h2-4H,5H2,1H3,(H,14,15)(H,16,17). The first-order valence-corrected chi connectivity index (χ1v) is 4.68. The van der Waals surface area contributed by atoms with E-state index >= 15 is 0 Å². The van der Waals surface area contributed by atoms with Gasteiger partial charge in [-0.15, -0.1) is 0 Å². The van der Waals surface area contributed by atoms with Gasteiger partial charge in [0.2, 0.25) is 0 Å². The number of hydrogen-bond acceptors (Lipinski definition) is 2. The maximum absolute atomic E-state index is 13.5. The first kappa shape index (κ1) is 13.1. The summed E-state index contributed by atoms with van der Waals surface area (Å²) in [4.78, 5) is 21.7. The molecular weight excluding hydrogens is 234 g/mol. The van der Waals surface area contributed by atoms with Crippen molar-refractivity contribution >= 4 is 11.9 Å². The second kappa shape index (κ2) is 4.48. The van der Waals surface area contributed by atoms with E-state index < -0.39 is 41.0 Å². The minimum atomic E-state index is -2.00. The number of carboxylic acid groups (broad SMARTS) is 2. The van der Waals surface area contributed by atoms with E-state index in [9.17, 15) is 18.4 Å². The average molecular weight is 244 g/mol. The lowest BCUT2D eigenvalue weighted by molar-refractivity contribution is -0.149. The topological polar surface area (TPSA) is 74.6 Å². The molecule has 1 rings (SSSR count). The van der Waals surface area contributed by atoms with Crippen LogP contribution in [0.25, 0.3) is 0 Å². The fourth-order valence-corrected chi connectivity index (χ4v) is 1.51. The Kier molecular flexibility index (Phi) is 3.45. The monoisotopic (exact) mass is 244 g/mol. The second-order valence-electron chi connectivity index (χ2n) is 3.83. The summed E-state index contributed by atoms with van der Waals surface area (Å²) in [6, 6.07) is 2.31. The molecule has 0 radical (unpaired) electrons. The van der Waals surface area contributed by atoms with Gasteiger partial charge in [-0.05, 0) is 25.1 Å². The fraction of sp³-hybridized carbons (Fsp3) is 0.273. The van der Waals surface area contributed by atoms with Gasteiger partial charge in [0, 0.05) is 5.56 Å². The molecule has 0 saturated carbocycles. The Morgan fingerprint density at radius 1 is 1.29 bits per heavy atom. The number of rotatable bonds is 4. The van der Waals surface area contributed by atoms with Crippen LogP contribution in [0.1, 0.15) is 18.9 Å². The largest absolute Gasteiger partial charge is 0.481 e. The summed E-state index contributed by atoms with van der Waals surface area (Å²) in [7, 11) is 0. The van der Waals surface area contributed by atoms with E-state index in [0.717, 1.165) is 19.1 Å². The second-order valence-corrected chi connectivity index (χ2v) is 3.83. The van der Waals surface area contributed by atoms with Gasteiger partial charge >= 0.3 is 11.9 Å². The molecule has 0 heterocycles. The predicted octanol–water partition coefficient (Wildman–Crippen LogP) is 1.78. The number of aliphatic carboxylic acids is 2. The zero-order valence-corrected chi connectivity index (χ0v) is 8.91. The molecule has 0 saturated heterocycles. The molecule has 0 bridgehead atoms. The highest BCUT2D eigenvalue weighted by Crippen LogP contribution is 2.30. The van der Waals surface area contributed by atoms with Crippen LogP contribution in [0.3, 0.4) is 0 Å². The number of halogens is 2. The zero-order valence-electron chi connectivity index (χ0n) is 8.91. The maximum atomic E-state index is 13.5. The van der Waals surface area contributed by atoms with Crippen LogP contribution in [-0.2, 0) is 15.0 Å². The molecule has 0 aromatic heterocycles. The van der Waals surface area contributed by atoms with E-state index in [-0.39, 0.29) is 0 Å². The van der Waals surface area contributed by atoms with E-state index in [0.29, 0.717) is 6.07 Å². The quantitative estimate of drug-likeness (QED) is 0.846. The van der Waals surface area contributed by atoms with Crippen LogP contribution in [0.2, 0.25) is 0 Å². The summed E-state index contributed by atoms with van der Waals surface area (Å²) >= 11 is 0. The molecule has 0 aliphatic rings. The first-order valence-electron chi connectivity index (χ1n) is 4.68. The van der Waals surface area contributed by atoms with Crippen molar-refractivity contribution in [1.29, 1.82) is 0 Å². The molecule has 0 amide bonds. The molecule has 0 aliphatic heterocycles. The van der Waals surface area contributed by atoms with Crippen molar-refractivity contribution in [3.63, 3.8) is 0 Å². The van der Waals surface area contributed by atoms with Gasteiger partial charge < -0.3 is 10.2 Å². The number of hydrogen-bond donors (Lipinski definition) is 2. The van der Waals surface area contributed by atoms with E-state index in [1.54, 1.807) is 0 Å². The van der Waals surface area contributed by atoms with Gasteiger partial charge in [0.1, 0.15) is 17.0 Å². The highest BCUT2D eigenvalue weighted by atomic mass is 19.1. The summed E-state index contributed by atoms with van der Waals surface area (Å²) < 4.78 is 26.4. The summed E-state index contributed by atoms with van der Waals surface area (Å²) in [5.74, 6) is -4.69. The van der Waals surface area contributed by atoms with Crippen molar-refractivity contribution in [2.75, 3.05) is 0 Å². The van der Waals surface area contributed by atoms with Crippen molar-refractivity contribution < 1.29 is 28.6 Å². The van der Waals surface area contributed by atoms with Crippen molar-refractivity contribution in [2.45, 2.75) is 18.8 Å². The van der Waals surface area contributed by atoms with Crippen LogP contribution in [0.15, 0.2) is 18.2 Å². The molecular formula is C11H10F2O4. The lowest BCUT2D eigenvalue weighted by Crippen LogP contribution is -2.36. The highest BCUT2D eigenvalue weighted by molar-refractivity contribution is 5.86. The van der Waals surface area contributed by atoms with Crippen molar-refractivity contribution in [1.82, 2.24) is 0 Å². The molecule has 92 valence electrons. The number of carboxylic acids is 2. The molecule has 0 fully saturated rings. The van der Waals surface area contributed by atoms with Gasteiger partial charge in [0.15, 0.2) is 0 Å². The molecule has 1 aromatic rings. The van der Waals surface area contributed by atoms with Crippen LogP contribution in [-0.4, -0.2) is 22.2 Å². The molecule has 1 aromatic carbocycles. The number of carbonyl (C=O) groups is 2. The lowest BCUT2D eigenvalue weighted by Gasteiger charge is -2.23. The SMILES string of the molecule is CC(CC(=O)O)(C(=O)O)c1cc(F)ccc1F. The Balaban J connectivity index is 3.36. The summed E-state index contributed by atoms with van der Waals surface area (Å²) in [6.07, 6.45) is -0.831. The maximum Gasteiger partial charge on any atom is 0.314 e. The first-order chi connectivity index (χ1) is 7.77. The fourth-order valence-electron chi connectivity index (χ4n) is 1.51. The van der Waals surface area contributed by atoms with E-state index in [1.807, 2.05) is 0 Å². The Morgan fingerprint density at radius 3 is 2.35 bits per heavy atom. The van der Waals surface area contributed by atoms with Crippen LogP contribution < -0.4 is 0 Å². The van der Waals surface area contributed by atoms with Gasteiger partial charge in [0.05, 0.1) is 6.42 Å². The normalized spacial score (nSPS) is 14.1. The molecule has 17 heavy (non-hydrogen) atoms. The highest BCUT2D eigenvalue weighted by Gasteiger charge is 2.40. The Hall–Kier alpha value is -1.98. The van der Waals surface area contributed by atoms with Gasteiger partial charge in [-0.25, -0.2) is 8.78 Å². The third-order valence-electron chi connectivity index (χ3n) is 2.50. The molecule has 6 heteroatoms. The Morgan fingerprint density at radius 2 is 1.88 bits per heavy atom. The number of benzene rings is 1. The third kappa shape index (κ3) is 2.58. The molecule has 4 nitrogen and oxygen atoms in total. The van der Waals surface area contributed by atoms with Crippen molar-refractivity contribution in [3.05, 3.63) is 35.4 Å². The Labute approximate surface area is 95.5 Å². The van der Waals surface area contributed by atoms with Crippen molar-refractivity contribution in [3.8, 4) is 0 Å². The van der Waals surface area contributed by atoms with E-state index in [4.69, 9.17) is 10.2 Å². The molecule has 1 atom stereocenters. The lowest BCUT2D eigenvalue weighted by atomic mass is 9.79. The van der Waals surface area contributed by atoms with E-state index in [2.05, 4.69) is 0 Å². The summed E-state index contributed by atoms with van der Waals surface area (Å²) in [5, 5.41) is 17.6. The average Bonchev–Trinajstić information content (AvgIpc) is 2.20.